The Morgan fingerprint density at radius 2 is 1.75 bits per heavy atom. The van der Waals surface area contributed by atoms with Gasteiger partial charge in [0.05, 0.1) is 0 Å². The van der Waals surface area contributed by atoms with Crippen LogP contribution in [0.3, 0.4) is 0 Å². The second-order valence-electron chi connectivity index (χ2n) is 2.14. The Hall–Kier alpha value is 0.544. The molecule has 8 heavy (non-hydrogen) atoms. The van der Waals surface area contributed by atoms with Gasteiger partial charge in [0.25, 0.3) is 0 Å². The van der Waals surface area contributed by atoms with E-state index in [-0.39, 0.29) is 18.6 Å². The van der Waals surface area contributed by atoms with Crippen molar-refractivity contribution in [3.63, 3.8) is 0 Å². The summed E-state index contributed by atoms with van der Waals surface area (Å²) in [6, 6.07) is 0. The first kappa shape index (κ1) is 8.54. The Balaban J connectivity index is 0.000000490. The van der Waals surface area contributed by atoms with Gasteiger partial charge in [0.15, 0.2) is 0 Å². The first-order valence-corrected chi connectivity index (χ1v) is 3.16. The van der Waals surface area contributed by atoms with E-state index in [0.29, 0.717) is 0 Å². The molecule has 0 aromatic heterocycles. The SMILES string of the molecule is CCN1CCCC1.[V]. The molecule has 1 heterocycles. The van der Waals surface area contributed by atoms with E-state index in [4.69, 9.17) is 0 Å². The third kappa shape index (κ3) is 2.21. The molecule has 0 amide bonds. The van der Waals surface area contributed by atoms with Gasteiger partial charge in [-0.2, -0.15) is 0 Å². The van der Waals surface area contributed by atoms with Gasteiger partial charge < -0.3 is 4.90 Å². The van der Waals surface area contributed by atoms with Gasteiger partial charge in [-0.15, -0.1) is 0 Å². The molecule has 0 aliphatic carbocycles. The Morgan fingerprint density at radius 3 is 2.00 bits per heavy atom. The van der Waals surface area contributed by atoms with E-state index < -0.39 is 0 Å². The summed E-state index contributed by atoms with van der Waals surface area (Å²) in [6.07, 6.45) is 2.85. The van der Waals surface area contributed by atoms with Gasteiger partial charge in [-0.3, -0.25) is 0 Å². The molecule has 1 aliphatic rings. The van der Waals surface area contributed by atoms with Crippen molar-refractivity contribution in [3.8, 4) is 0 Å². The summed E-state index contributed by atoms with van der Waals surface area (Å²) in [5, 5.41) is 0. The van der Waals surface area contributed by atoms with Crippen molar-refractivity contribution in [1.29, 1.82) is 0 Å². The van der Waals surface area contributed by atoms with Crippen LogP contribution in [-0.4, -0.2) is 24.5 Å². The Morgan fingerprint density at radius 1 is 1.25 bits per heavy atom. The van der Waals surface area contributed by atoms with Crippen LogP contribution in [-0.2, 0) is 18.6 Å². The summed E-state index contributed by atoms with van der Waals surface area (Å²) in [5.74, 6) is 0. The Bertz CT molecular complexity index is 50.5. The maximum atomic E-state index is 2.49. The monoisotopic (exact) mass is 150 g/mol. The summed E-state index contributed by atoms with van der Waals surface area (Å²) in [7, 11) is 0. The molecule has 1 rings (SSSR count). The molecule has 1 nitrogen and oxygen atoms in total. The van der Waals surface area contributed by atoms with E-state index in [9.17, 15) is 0 Å². The summed E-state index contributed by atoms with van der Waals surface area (Å²) in [5.41, 5.74) is 0. The van der Waals surface area contributed by atoms with Crippen LogP contribution < -0.4 is 0 Å². The zero-order valence-corrected chi connectivity index (χ0v) is 6.83. The first-order valence-electron chi connectivity index (χ1n) is 3.16. The minimum Gasteiger partial charge on any atom is -0.304 e. The molecule has 0 bridgehead atoms. The van der Waals surface area contributed by atoms with E-state index in [1.807, 2.05) is 0 Å². The van der Waals surface area contributed by atoms with Crippen LogP contribution in [0.4, 0.5) is 0 Å². The second kappa shape index (κ2) is 4.43. The summed E-state index contributed by atoms with van der Waals surface area (Å²) in [4.78, 5) is 2.49. The van der Waals surface area contributed by atoms with Crippen LogP contribution >= 0.6 is 0 Å². The molecule has 0 unspecified atom stereocenters. The minimum absolute atomic E-state index is 0. The first-order chi connectivity index (χ1) is 3.43. The van der Waals surface area contributed by atoms with Crippen LogP contribution in [0.15, 0.2) is 0 Å². The summed E-state index contributed by atoms with van der Waals surface area (Å²) < 4.78 is 0. The van der Waals surface area contributed by atoms with E-state index in [1.165, 1.54) is 32.5 Å². The van der Waals surface area contributed by atoms with E-state index in [1.54, 1.807) is 0 Å². The standard InChI is InChI=1S/C6H13N.V/c1-2-7-5-3-4-6-7;/h2-6H2,1H3;. The topological polar surface area (TPSA) is 3.24 Å². The van der Waals surface area contributed by atoms with Gasteiger partial charge in [0, 0.05) is 18.6 Å². The maximum Gasteiger partial charge on any atom is 0 e. The van der Waals surface area contributed by atoms with E-state index in [0.717, 1.165) is 0 Å². The van der Waals surface area contributed by atoms with Gasteiger partial charge in [0.2, 0.25) is 0 Å². The zero-order valence-electron chi connectivity index (χ0n) is 5.43. The van der Waals surface area contributed by atoms with Crippen LogP contribution in [0.5, 0.6) is 0 Å². The summed E-state index contributed by atoms with van der Waals surface area (Å²) in [6.45, 7) is 6.16. The molecule has 1 saturated heterocycles. The van der Waals surface area contributed by atoms with Gasteiger partial charge in [-0.1, -0.05) is 6.92 Å². The van der Waals surface area contributed by atoms with Crippen molar-refractivity contribution < 1.29 is 18.6 Å². The molecule has 0 aromatic carbocycles. The number of hydrogen-bond acceptors (Lipinski definition) is 1. The molecular weight excluding hydrogens is 137 g/mol. The van der Waals surface area contributed by atoms with Gasteiger partial charge >= 0.3 is 0 Å². The number of rotatable bonds is 1. The predicted molar refractivity (Wildman–Crippen MR) is 31.3 cm³/mol. The molecule has 1 radical (unpaired) electrons. The number of nitrogens with zero attached hydrogens (tertiary/aromatic N) is 1. The van der Waals surface area contributed by atoms with Crippen molar-refractivity contribution in [3.05, 3.63) is 0 Å². The molecule has 0 aromatic rings. The van der Waals surface area contributed by atoms with Gasteiger partial charge in [-0.25, -0.2) is 0 Å². The maximum absolute atomic E-state index is 2.49. The molecule has 1 fully saturated rings. The Kier molecular flexibility index (Phi) is 4.73. The van der Waals surface area contributed by atoms with Crippen LogP contribution in [0, 0.1) is 0 Å². The minimum atomic E-state index is 0. The van der Waals surface area contributed by atoms with Crippen LogP contribution in [0.1, 0.15) is 19.8 Å². The largest absolute Gasteiger partial charge is 0.304 e. The van der Waals surface area contributed by atoms with Crippen LogP contribution in [0.25, 0.3) is 0 Å². The van der Waals surface area contributed by atoms with Crippen molar-refractivity contribution in [2.45, 2.75) is 19.8 Å². The third-order valence-corrected chi connectivity index (χ3v) is 1.65. The fourth-order valence-corrected chi connectivity index (χ4v) is 1.10. The van der Waals surface area contributed by atoms with Gasteiger partial charge in [-0.05, 0) is 32.5 Å². The molecule has 47 valence electrons. The number of likely N-dealkylation sites (tertiary alicyclic amines) is 1. The average Bonchev–Trinajstić information content (AvgIpc) is 2.14. The van der Waals surface area contributed by atoms with Crippen molar-refractivity contribution in [1.82, 2.24) is 4.90 Å². The molecule has 0 N–H and O–H groups in total. The smallest absolute Gasteiger partial charge is 0 e. The molecule has 2 heteroatoms. The normalized spacial score (nSPS) is 20.6. The third-order valence-electron chi connectivity index (χ3n) is 1.65. The molecule has 0 atom stereocenters. The molecule has 0 saturated carbocycles. The fraction of sp³-hybridized carbons (Fsp3) is 1.00. The predicted octanol–water partition coefficient (Wildman–Crippen LogP) is 1.10. The molecule has 0 spiro atoms. The van der Waals surface area contributed by atoms with E-state index >= 15 is 0 Å². The van der Waals surface area contributed by atoms with Gasteiger partial charge in [0.1, 0.15) is 0 Å². The quantitative estimate of drug-likeness (QED) is 0.541. The number of hydrogen-bond donors (Lipinski definition) is 0. The molecular formula is C6H13NV. The summed E-state index contributed by atoms with van der Waals surface area (Å²) >= 11 is 0. The van der Waals surface area contributed by atoms with E-state index in [2.05, 4.69) is 11.8 Å². The average molecular weight is 150 g/mol. The zero-order chi connectivity index (χ0) is 5.11. The Labute approximate surface area is 63.3 Å². The molecule has 1 aliphatic heterocycles. The van der Waals surface area contributed by atoms with Crippen molar-refractivity contribution >= 4 is 0 Å². The fourth-order valence-electron chi connectivity index (χ4n) is 1.10. The van der Waals surface area contributed by atoms with Crippen LogP contribution in [0.2, 0.25) is 0 Å². The second-order valence-corrected chi connectivity index (χ2v) is 2.14. The van der Waals surface area contributed by atoms with Crippen molar-refractivity contribution in [2.75, 3.05) is 19.6 Å². The van der Waals surface area contributed by atoms with Crippen molar-refractivity contribution in [2.24, 2.45) is 0 Å².